The van der Waals surface area contributed by atoms with Gasteiger partial charge in [-0.25, -0.2) is 13.4 Å². The number of thiazole rings is 1. The highest BCUT2D eigenvalue weighted by Gasteiger charge is 2.20. The third-order valence-electron chi connectivity index (χ3n) is 3.32. The molecule has 0 unspecified atom stereocenters. The first-order valence-corrected chi connectivity index (χ1v) is 9.84. The van der Waals surface area contributed by atoms with E-state index < -0.39 is 21.5 Å². The van der Waals surface area contributed by atoms with Crippen LogP contribution in [0.3, 0.4) is 0 Å². The van der Waals surface area contributed by atoms with Gasteiger partial charge < -0.3 is 5.32 Å². The number of para-hydroxylation sites is 1. The molecule has 124 valence electrons. The van der Waals surface area contributed by atoms with E-state index in [-0.39, 0.29) is 4.90 Å². The van der Waals surface area contributed by atoms with Crippen molar-refractivity contribution in [1.82, 2.24) is 4.98 Å². The van der Waals surface area contributed by atoms with E-state index in [1.807, 2.05) is 13.0 Å². The summed E-state index contributed by atoms with van der Waals surface area (Å²) >= 11 is 7.28. The molecule has 0 spiro atoms. The number of nitrogens with zero attached hydrogens (tertiary/aromatic N) is 1. The topological polar surface area (TPSA) is 76.1 Å². The summed E-state index contributed by atoms with van der Waals surface area (Å²) in [6.07, 6.45) is 0. The van der Waals surface area contributed by atoms with Crippen LogP contribution in [-0.4, -0.2) is 25.1 Å². The van der Waals surface area contributed by atoms with E-state index in [4.69, 9.17) is 11.6 Å². The van der Waals surface area contributed by atoms with Crippen molar-refractivity contribution in [3.05, 3.63) is 53.1 Å². The lowest BCUT2D eigenvalue weighted by atomic mass is 10.2. The quantitative estimate of drug-likeness (QED) is 0.749. The number of aryl methyl sites for hydroxylation is 1. The number of anilines is 1. The molecule has 0 radical (unpaired) electrons. The van der Waals surface area contributed by atoms with Crippen LogP contribution in [0.25, 0.3) is 10.2 Å². The Morgan fingerprint density at radius 1 is 1.21 bits per heavy atom. The Labute approximate surface area is 148 Å². The minimum atomic E-state index is -3.70. The highest BCUT2D eigenvalue weighted by atomic mass is 35.5. The molecule has 2 aromatic carbocycles. The number of rotatable bonds is 4. The van der Waals surface area contributed by atoms with Gasteiger partial charge in [-0.3, -0.25) is 4.79 Å². The Hall–Kier alpha value is -1.96. The van der Waals surface area contributed by atoms with E-state index in [1.165, 1.54) is 23.5 Å². The van der Waals surface area contributed by atoms with Crippen molar-refractivity contribution in [2.24, 2.45) is 0 Å². The predicted molar refractivity (Wildman–Crippen MR) is 96.5 cm³/mol. The molecule has 8 heteroatoms. The third kappa shape index (κ3) is 3.58. The number of carbonyl (C=O) groups is 1. The normalized spacial score (nSPS) is 11.6. The number of nitrogens with one attached hydrogen (secondary N) is 1. The molecule has 3 aromatic rings. The SMILES string of the molecule is Cc1ccc(S(=O)(=O)CC(=O)Nc2nc3c(Cl)cccc3s2)cc1. The lowest BCUT2D eigenvalue weighted by Gasteiger charge is -2.04. The fraction of sp³-hybridized carbons (Fsp3) is 0.125. The molecule has 0 saturated heterocycles. The van der Waals surface area contributed by atoms with E-state index in [2.05, 4.69) is 10.3 Å². The fourth-order valence-corrected chi connectivity index (χ4v) is 4.44. The number of benzene rings is 2. The number of aromatic nitrogens is 1. The summed E-state index contributed by atoms with van der Waals surface area (Å²) in [6, 6.07) is 11.7. The average molecular weight is 381 g/mol. The molecule has 1 amide bonds. The fourth-order valence-electron chi connectivity index (χ4n) is 2.13. The molecule has 0 fully saturated rings. The number of hydrogen-bond donors (Lipinski definition) is 1. The zero-order chi connectivity index (χ0) is 17.3. The van der Waals surface area contributed by atoms with E-state index in [1.54, 1.807) is 24.3 Å². The summed E-state index contributed by atoms with van der Waals surface area (Å²) < 4.78 is 25.4. The number of halogens is 1. The van der Waals surface area contributed by atoms with Gasteiger partial charge in [0.25, 0.3) is 0 Å². The molecule has 0 aliphatic heterocycles. The first-order valence-electron chi connectivity index (χ1n) is 6.99. The van der Waals surface area contributed by atoms with Gasteiger partial charge in [-0.05, 0) is 31.2 Å². The first kappa shape index (κ1) is 16.9. The Morgan fingerprint density at radius 3 is 2.58 bits per heavy atom. The molecule has 0 saturated carbocycles. The summed E-state index contributed by atoms with van der Waals surface area (Å²) in [4.78, 5) is 16.4. The summed E-state index contributed by atoms with van der Waals surface area (Å²) in [5.41, 5.74) is 1.53. The second kappa shape index (κ2) is 6.51. The molecule has 24 heavy (non-hydrogen) atoms. The first-order chi connectivity index (χ1) is 11.3. The molecule has 1 heterocycles. The molecule has 5 nitrogen and oxygen atoms in total. The van der Waals surface area contributed by atoms with Crippen molar-refractivity contribution in [2.75, 3.05) is 11.1 Å². The van der Waals surface area contributed by atoms with E-state index in [0.29, 0.717) is 15.7 Å². The van der Waals surface area contributed by atoms with E-state index in [9.17, 15) is 13.2 Å². The smallest absolute Gasteiger partial charge is 0.241 e. The van der Waals surface area contributed by atoms with Gasteiger partial charge in [0.05, 0.1) is 14.6 Å². The molecule has 3 rings (SSSR count). The van der Waals surface area contributed by atoms with Crippen LogP contribution < -0.4 is 5.32 Å². The number of sulfone groups is 1. The van der Waals surface area contributed by atoms with Gasteiger partial charge >= 0.3 is 0 Å². The van der Waals surface area contributed by atoms with Gasteiger partial charge in [0.2, 0.25) is 5.91 Å². The van der Waals surface area contributed by atoms with Crippen molar-refractivity contribution < 1.29 is 13.2 Å². The number of carbonyl (C=O) groups excluding carboxylic acids is 1. The van der Waals surface area contributed by atoms with Crippen LogP contribution in [0.5, 0.6) is 0 Å². The summed E-state index contributed by atoms with van der Waals surface area (Å²) in [6.45, 7) is 1.86. The average Bonchev–Trinajstić information content (AvgIpc) is 2.90. The van der Waals surface area contributed by atoms with Crippen LogP contribution >= 0.6 is 22.9 Å². The molecular formula is C16H13ClN2O3S2. The van der Waals surface area contributed by atoms with Gasteiger partial charge in [0, 0.05) is 0 Å². The van der Waals surface area contributed by atoms with Gasteiger partial charge in [0.15, 0.2) is 15.0 Å². The predicted octanol–water partition coefficient (Wildman–Crippen LogP) is 3.67. The van der Waals surface area contributed by atoms with Crippen LogP contribution in [-0.2, 0) is 14.6 Å². The molecule has 0 aliphatic carbocycles. The lowest BCUT2D eigenvalue weighted by molar-refractivity contribution is -0.113. The largest absolute Gasteiger partial charge is 0.301 e. The second-order valence-corrected chi connectivity index (χ2v) is 8.65. The highest BCUT2D eigenvalue weighted by Crippen LogP contribution is 2.30. The minimum Gasteiger partial charge on any atom is -0.301 e. The maximum atomic E-state index is 12.3. The third-order valence-corrected chi connectivity index (χ3v) is 6.19. The molecule has 1 aromatic heterocycles. The van der Waals surface area contributed by atoms with Crippen LogP contribution in [0.2, 0.25) is 5.02 Å². The highest BCUT2D eigenvalue weighted by molar-refractivity contribution is 7.92. The number of fused-ring (bicyclic) bond motifs is 1. The van der Waals surface area contributed by atoms with Crippen molar-refractivity contribution in [2.45, 2.75) is 11.8 Å². The minimum absolute atomic E-state index is 0.121. The molecule has 0 bridgehead atoms. The number of hydrogen-bond acceptors (Lipinski definition) is 5. The standard InChI is InChI=1S/C16H13ClN2O3S2/c1-10-5-7-11(8-6-10)24(21,22)9-14(20)18-16-19-15-12(17)3-2-4-13(15)23-16/h2-8H,9H2,1H3,(H,18,19,20). The van der Waals surface area contributed by atoms with Gasteiger partial charge in [-0.15, -0.1) is 0 Å². The van der Waals surface area contributed by atoms with Crippen LogP contribution in [0.1, 0.15) is 5.56 Å². The second-order valence-electron chi connectivity index (χ2n) is 5.23. The maximum Gasteiger partial charge on any atom is 0.241 e. The van der Waals surface area contributed by atoms with Crippen molar-refractivity contribution >= 4 is 54.0 Å². The van der Waals surface area contributed by atoms with Crippen molar-refractivity contribution in [1.29, 1.82) is 0 Å². The van der Waals surface area contributed by atoms with Crippen LogP contribution in [0.15, 0.2) is 47.4 Å². The monoisotopic (exact) mass is 380 g/mol. The Balaban J connectivity index is 1.77. The van der Waals surface area contributed by atoms with Gasteiger partial charge in [-0.2, -0.15) is 0 Å². The van der Waals surface area contributed by atoms with Crippen molar-refractivity contribution in [3.63, 3.8) is 0 Å². The maximum absolute atomic E-state index is 12.3. The molecule has 1 N–H and O–H groups in total. The van der Waals surface area contributed by atoms with Gasteiger partial charge in [0.1, 0.15) is 11.3 Å². The summed E-state index contributed by atoms with van der Waals surface area (Å²) in [5.74, 6) is -1.27. The Bertz CT molecular complexity index is 1010. The Kier molecular flexibility index (Phi) is 4.58. The zero-order valence-electron chi connectivity index (χ0n) is 12.6. The van der Waals surface area contributed by atoms with E-state index in [0.717, 1.165) is 10.3 Å². The lowest BCUT2D eigenvalue weighted by Crippen LogP contribution is -2.22. The molecular weight excluding hydrogens is 368 g/mol. The zero-order valence-corrected chi connectivity index (χ0v) is 15.0. The molecule has 0 atom stereocenters. The van der Waals surface area contributed by atoms with Crippen LogP contribution in [0.4, 0.5) is 5.13 Å². The Morgan fingerprint density at radius 2 is 1.92 bits per heavy atom. The van der Waals surface area contributed by atoms with Crippen molar-refractivity contribution in [3.8, 4) is 0 Å². The summed E-state index contributed by atoms with van der Waals surface area (Å²) in [5, 5.41) is 3.33. The number of amides is 1. The summed E-state index contributed by atoms with van der Waals surface area (Å²) in [7, 11) is -3.70. The van der Waals surface area contributed by atoms with E-state index >= 15 is 0 Å². The van der Waals surface area contributed by atoms with Gasteiger partial charge in [-0.1, -0.05) is 46.7 Å². The van der Waals surface area contributed by atoms with Crippen LogP contribution in [0, 0.1) is 6.92 Å². The molecule has 0 aliphatic rings.